The quantitative estimate of drug-likeness (QED) is 0.930. The van der Waals surface area contributed by atoms with Crippen LogP contribution in [-0.4, -0.2) is 13.1 Å². The zero-order valence-electron chi connectivity index (χ0n) is 13.1. The van der Waals surface area contributed by atoms with Crippen LogP contribution in [0.1, 0.15) is 46.6 Å². The second-order valence-corrected chi connectivity index (χ2v) is 6.20. The third-order valence-electron chi connectivity index (χ3n) is 4.62. The fourth-order valence-electron chi connectivity index (χ4n) is 3.20. The van der Waals surface area contributed by atoms with Crippen molar-refractivity contribution in [3.05, 3.63) is 70.3 Å². The highest BCUT2D eigenvalue weighted by Gasteiger charge is 2.14. The highest BCUT2D eigenvalue weighted by molar-refractivity contribution is 5.41. The van der Waals surface area contributed by atoms with Crippen molar-refractivity contribution in [2.75, 3.05) is 13.1 Å². The van der Waals surface area contributed by atoms with Gasteiger partial charge in [-0.25, -0.2) is 0 Å². The van der Waals surface area contributed by atoms with Crippen molar-refractivity contribution in [3.8, 4) is 6.07 Å². The molecule has 3 rings (SSSR count). The summed E-state index contributed by atoms with van der Waals surface area (Å²) in [5.41, 5.74) is 5.81. The molecule has 1 heterocycles. The molecule has 0 amide bonds. The minimum atomic E-state index is 0.708. The first kappa shape index (κ1) is 14.8. The molecule has 1 fully saturated rings. The van der Waals surface area contributed by atoms with Crippen molar-refractivity contribution >= 4 is 0 Å². The number of nitrogens with one attached hydrogen (secondary N) is 1. The minimum absolute atomic E-state index is 0.708. The van der Waals surface area contributed by atoms with E-state index in [0.717, 1.165) is 30.6 Å². The smallest absolute Gasteiger partial charge is 0.0994 e. The van der Waals surface area contributed by atoms with Gasteiger partial charge in [-0.15, -0.1) is 0 Å². The molecule has 1 saturated heterocycles. The van der Waals surface area contributed by atoms with Crippen LogP contribution in [-0.2, 0) is 6.42 Å². The maximum absolute atomic E-state index is 9.13. The Bertz CT molecular complexity index is 674. The number of rotatable bonds is 3. The van der Waals surface area contributed by atoms with Crippen molar-refractivity contribution < 1.29 is 0 Å². The van der Waals surface area contributed by atoms with E-state index in [9.17, 15) is 0 Å². The number of hydrogen-bond donors (Lipinski definition) is 1. The second-order valence-electron chi connectivity index (χ2n) is 6.20. The van der Waals surface area contributed by atoms with Gasteiger partial charge in [-0.05, 0) is 73.5 Å². The van der Waals surface area contributed by atoms with Gasteiger partial charge in [0, 0.05) is 0 Å². The zero-order chi connectivity index (χ0) is 15.4. The van der Waals surface area contributed by atoms with E-state index in [1.54, 1.807) is 0 Å². The van der Waals surface area contributed by atoms with Gasteiger partial charge in [-0.1, -0.05) is 36.4 Å². The van der Waals surface area contributed by atoms with Gasteiger partial charge in [0.05, 0.1) is 11.6 Å². The molecule has 2 aromatic carbocycles. The summed E-state index contributed by atoms with van der Waals surface area (Å²) in [6, 6.07) is 17.5. The molecule has 1 aliphatic rings. The molecule has 22 heavy (non-hydrogen) atoms. The second kappa shape index (κ2) is 6.77. The highest BCUT2D eigenvalue weighted by Crippen LogP contribution is 2.25. The van der Waals surface area contributed by atoms with E-state index in [1.165, 1.54) is 29.5 Å². The van der Waals surface area contributed by atoms with Crippen LogP contribution in [0.5, 0.6) is 0 Å². The van der Waals surface area contributed by atoms with Gasteiger partial charge >= 0.3 is 0 Å². The maximum Gasteiger partial charge on any atom is 0.0994 e. The standard InChI is InChI=1S/C20H22N2/c1-15-2-3-17(13-20(15)14-21)12-16-4-6-18(7-5-16)19-8-10-22-11-9-19/h2-7,13,19,22H,8-12H2,1H3. The first-order valence-corrected chi connectivity index (χ1v) is 8.05. The summed E-state index contributed by atoms with van der Waals surface area (Å²) < 4.78 is 0. The number of hydrogen-bond acceptors (Lipinski definition) is 2. The van der Waals surface area contributed by atoms with E-state index in [2.05, 4.69) is 41.7 Å². The molecular formula is C20H22N2. The normalized spacial score (nSPS) is 15.5. The highest BCUT2D eigenvalue weighted by atomic mass is 14.9. The minimum Gasteiger partial charge on any atom is -0.317 e. The topological polar surface area (TPSA) is 35.8 Å². The molecule has 0 aromatic heterocycles. The third kappa shape index (κ3) is 3.37. The lowest BCUT2D eigenvalue weighted by Crippen LogP contribution is -2.26. The fraction of sp³-hybridized carbons (Fsp3) is 0.350. The zero-order valence-corrected chi connectivity index (χ0v) is 13.1. The summed E-state index contributed by atoms with van der Waals surface area (Å²) in [7, 11) is 0. The van der Waals surface area contributed by atoms with Crippen LogP contribution in [0.2, 0.25) is 0 Å². The Labute approximate surface area is 132 Å². The van der Waals surface area contributed by atoms with E-state index in [1.807, 2.05) is 19.1 Å². The molecule has 2 nitrogen and oxygen atoms in total. The molecule has 0 atom stereocenters. The van der Waals surface area contributed by atoms with Gasteiger partial charge in [-0.3, -0.25) is 0 Å². The number of nitriles is 1. The largest absolute Gasteiger partial charge is 0.317 e. The van der Waals surface area contributed by atoms with Crippen LogP contribution < -0.4 is 5.32 Å². The molecule has 0 saturated carbocycles. The van der Waals surface area contributed by atoms with Gasteiger partial charge < -0.3 is 5.32 Å². The lowest BCUT2D eigenvalue weighted by molar-refractivity contribution is 0.460. The van der Waals surface area contributed by atoms with Crippen molar-refractivity contribution in [2.24, 2.45) is 0 Å². The Kier molecular flexibility index (Phi) is 4.56. The summed E-state index contributed by atoms with van der Waals surface area (Å²) in [4.78, 5) is 0. The van der Waals surface area contributed by atoms with Crippen LogP contribution >= 0.6 is 0 Å². The molecular weight excluding hydrogens is 268 g/mol. The number of benzene rings is 2. The van der Waals surface area contributed by atoms with Crippen LogP contribution in [0.4, 0.5) is 0 Å². The van der Waals surface area contributed by atoms with Gasteiger partial charge in [0.25, 0.3) is 0 Å². The van der Waals surface area contributed by atoms with E-state index >= 15 is 0 Å². The van der Waals surface area contributed by atoms with Crippen molar-refractivity contribution in [1.82, 2.24) is 5.32 Å². The summed E-state index contributed by atoms with van der Waals surface area (Å²) in [6.45, 7) is 4.25. The van der Waals surface area contributed by atoms with Crippen molar-refractivity contribution in [3.63, 3.8) is 0 Å². The summed E-state index contributed by atoms with van der Waals surface area (Å²) >= 11 is 0. The van der Waals surface area contributed by atoms with Crippen molar-refractivity contribution in [1.29, 1.82) is 5.26 Å². The molecule has 0 radical (unpaired) electrons. The lowest BCUT2D eigenvalue weighted by Gasteiger charge is -2.23. The Morgan fingerprint density at radius 1 is 1.05 bits per heavy atom. The van der Waals surface area contributed by atoms with Crippen LogP contribution in [0.3, 0.4) is 0 Å². The summed E-state index contributed by atoms with van der Waals surface area (Å²) in [5, 5.41) is 12.6. The van der Waals surface area contributed by atoms with E-state index < -0.39 is 0 Å². The number of piperidine rings is 1. The van der Waals surface area contributed by atoms with Gasteiger partial charge in [0.2, 0.25) is 0 Å². The molecule has 1 aliphatic heterocycles. The summed E-state index contributed by atoms with van der Waals surface area (Å²) in [5.74, 6) is 0.708. The third-order valence-corrected chi connectivity index (χ3v) is 4.62. The predicted molar refractivity (Wildman–Crippen MR) is 90.0 cm³/mol. The molecule has 112 valence electrons. The van der Waals surface area contributed by atoms with Gasteiger partial charge in [0.15, 0.2) is 0 Å². The Hall–Kier alpha value is -2.11. The molecule has 0 bridgehead atoms. The monoisotopic (exact) mass is 290 g/mol. The Morgan fingerprint density at radius 2 is 1.73 bits per heavy atom. The predicted octanol–water partition coefficient (Wildman–Crippen LogP) is 3.92. The number of nitrogens with zero attached hydrogens (tertiary/aromatic N) is 1. The first-order valence-electron chi connectivity index (χ1n) is 8.05. The van der Waals surface area contributed by atoms with Crippen molar-refractivity contribution in [2.45, 2.75) is 32.1 Å². The lowest BCUT2D eigenvalue weighted by atomic mass is 9.89. The van der Waals surface area contributed by atoms with E-state index in [0.29, 0.717) is 5.92 Å². The molecule has 0 aliphatic carbocycles. The SMILES string of the molecule is Cc1ccc(Cc2ccc(C3CCNCC3)cc2)cc1C#N. The van der Waals surface area contributed by atoms with E-state index in [4.69, 9.17) is 5.26 Å². The molecule has 2 aromatic rings. The molecule has 1 N–H and O–H groups in total. The number of aryl methyl sites for hydroxylation is 1. The van der Waals surface area contributed by atoms with Gasteiger partial charge in [-0.2, -0.15) is 5.26 Å². The van der Waals surface area contributed by atoms with Crippen LogP contribution in [0.15, 0.2) is 42.5 Å². The fourth-order valence-corrected chi connectivity index (χ4v) is 3.20. The first-order chi connectivity index (χ1) is 10.8. The summed E-state index contributed by atoms with van der Waals surface area (Å²) in [6.07, 6.45) is 3.37. The average Bonchev–Trinajstić information content (AvgIpc) is 2.58. The van der Waals surface area contributed by atoms with Crippen LogP contribution in [0, 0.1) is 18.3 Å². The molecule has 0 unspecified atom stereocenters. The maximum atomic E-state index is 9.13. The van der Waals surface area contributed by atoms with Crippen LogP contribution in [0.25, 0.3) is 0 Å². The average molecular weight is 290 g/mol. The Balaban J connectivity index is 1.72. The molecule has 2 heteroatoms. The molecule has 0 spiro atoms. The van der Waals surface area contributed by atoms with Gasteiger partial charge in [0.1, 0.15) is 0 Å². The van der Waals surface area contributed by atoms with E-state index in [-0.39, 0.29) is 0 Å². The Morgan fingerprint density at radius 3 is 2.41 bits per heavy atom.